The van der Waals surface area contributed by atoms with E-state index in [0.29, 0.717) is 12.8 Å². The molecule has 1 fully saturated rings. The minimum atomic E-state index is -1.55. The Morgan fingerprint density at radius 2 is 1.95 bits per heavy atom. The smallest absolute Gasteiger partial charge is 0.233 e. The molecule has 0 aromatic heterocycles. The molecule has 6 heteroatoms. The maximum atomic E-state index is 13.8. The van der Waals surface area contributed by atoms with Crippen molar-refractivity contribution in [2.75, 3.05) is 20.2 Å². The fourth-order valence-electron chi connectivity index (χ4n) is 2.24. The van der Waals surface area contributed by atoms with Crippen LogP contribution in [0.3, 0.4) is 0 Å². The van der Waals surface area contributed by atoms with E-state index in [9.17, 15) is 18.0 Å². The maximum Gasteiger partial charge on any atom is 0.233 e. The van der Waals surface area contributed by atoms with Gasteiger partial charge in [-0.15, -0.1) is 0 Å². The molecule has 0 atom stereocenters. The number of hydrogen-bond donors (Lipinski definition) is 1. The zero-order valence-electron chi connectivity index (χ0n) is 10.4. The van der Waals surface area contributed by atoms with Gasteiger partial charge in [0.2, 0.25) is 5.91 Å². The highest BCUT2D eigenvalue weighted by atomic mass is 19.2. The van der Waals surface area contributed by atoms with Crippen molar-refractivity contribution >= 4 is 5.91 Å². The Morgan fingerprint density at radius 1 is 1.32 bits per heavy atom. The highest BCUT2D eigenvalue weighted by molar-refractivity contribution is 5.91. The van der Waals surface area contributed by atoms with Crippen LogP contribution in [0.2, 0.25) is 0 Å². The van der Waals surface area contributed by atoms with Crippen LogP contribution in [0.4, 0.5) is 13.2 Å². The van der Waals surface area contributed by atoms with Crippen LogP contribution in [0.15, 0.2) is 12.1 Å². The minimum Gasteiger partial charge on any atom is -0.395 e. The number of likely N-dealkylation sites (N-methyl/N-ethyl adjacent to an activating group) is 1. The summed E-state index contributed by atoms with van der Waals surface area (Å²) in [4.78, 5) is 13.5. The van der Waals surface area contributed by atoms with Gasteiger partial charge in [-0.25, -0.2) is 13.2 Å². The van der Waals surface area contributed by atoms with Gasteiger partial charge in [0.1, 0.15) is 0 Å². The van der Waals surface area contributed by atoms with Crippen molar-refractivity contribution in [2.24, 2.45) is 0 Å². The first kappa shape index (κ1) is 13.9. The van der Waals surface area contributed by atoms with Gasteiger partial charge in [0.15, 0.2) is 17.5 Å². The Labute approximate surface area is 108 Å². The van der Waals surface area contributed by atoms with Crippen LogP contribution in [0.5, 0.6) is 0 Å². The van der Waals surface area contributed by atoms with E-state index < -0.39 is 22.9 Å². The van der Waals surface area contributed by atoms with E-state index in [1.807, 2.05) is 0 Å². The van der Waals surface area contributed by atoms with E-state index in [2.05, 4.69) is 0 Å². The number of nitrogens with zero attached hydrogens (tertiary/aromatic N) is 1. The molecular formula is C13H14F3NO2. The molecule has 0 spiro atoms. The predicted molar refractivity (Wildman–Crippen MR) is 62.0 cm³/mol. The number of hydrogen-bond acceptors (Lipinski definition) is 2. The van der Waals surface area contributed by atoms with Crippen LogP contribution in [0, 0.1) is 17.5 Å². The second kappa shape index (κ2) is 4.85. The number of aliphatic hydroxyl groups excluding tert-OH is 1. The molecule has 1 aliphatic carbocycles. The van der Waals surface area contributed by atoms with E-state index in [0.717, 1.165) is 12.1 Å². The van der Waals surface area contributed by atoms with Crippen molar-refractivity contribution in [3.63, 3.8) is 0 Å². The monoisotopic (exact) mass is 273 g/mol. The first-order chi connectivity index (χ1) is 8.94. The highest BCUT2D eigenvalue weighted by Gasteiger charge is 2.54. The van der Waals surface area contributed by atoms with Gasteiger partial charge in [0, 0.05) is 19.2 Å². The number of rotatable bonds is 4. The van der Waals surface area contributed by atoms with Crippen molar-refractivity contribution in [1.29, 1.82) is 0 Å². The number of carbonyl (C=O) groups excluding carboxylic acids is 1. The summed E-state index contributed by atoms with van der Waals surface area (Å²) in [6, 6.07) is 1.94. The van der Waals surface area contributed by atoms with Crippen LogP contribution < -0.4 is 0 Å². The average molecular weight is 273 g/mol. The molecule has 19 heavy (non-hydrogen) atoms. The van der Waals surface area contributed by atoms with Gasteiger partial charge in [0.25, 0.3) is 0 Å². The van der Waals surface area contributed by atoms with Crippen LogP contribution >= 0.6 is 0 Å². The van der Waals surface area contributed by atoms with E-state index in [1.165, 1.54) is 11.9 Å². The largest absolute Gasteiger partial charge is 0.395 e. The highest BCUT2D eigenvalue weighted by Crippen LogP contribution is 2.50. The summed E-state index contributed by atoms with van der Waals surface area (Å²) in [6.45, 7) is -0.0928. The quantitative estimate of drug-likeness (QED) is 0.846. The van der Waals surface area contributed by atoms with Gasteiger partial charge >= 0.3 is 0 Å². The molecule has 104 valence electrons. The number of halogens is 3. The lowest BCUT2D eigenvalue weighted by atomic mass is 9.93. The maximum absolute atomic E-state index is 13.8. The van der Waals surface area contributed by atoms with Gasteiger partial charge in [-0.3, -0.25) is 4.79 Å². The summed E-state index contributed by atoms with van der Waals surface area (Å²) in [6.07, 6.45) is 0.785. The van der Waals surface area contributed by atoms with E-state index in [4.69, 9.17) is 5.11 Å². The fourth-order valence-corrected chi connectivity index (χ4v) is 2.24. The fraction of sp³-hybridized carbons (Fsp3) is 0.462. The first-order valence-electron chi connectivity index (χ1n) is 5.94. The second-order valence-corrected chi connectivity index (χ2v) is 4.76. The van der Waals surface area contributed by atoms with Crippen LogP contribution in [0.1, 0.15) is 18.4 Å². The van der Waals surface area contributed by atoms with Gasteiger partial charge in [0.05, 0.1) is 12.0 Å². The normalized spacial score (nSPS) is 16.3. The molecule has 3 nitrogen and oxygen atoms in total. The third kappa shape index (κ3) is 2.20. The zero-order chi connectivity index (χ0) is 14.2. The number of aliphatic hydroxyl groups is 1. The Bertz CT molecular complexity index is 515. The standard InChI is InChI=1S/C13H14F3NO2/c1-17(6-7-18)12(19)13(4-5-13)8-2-3-9(14)11(16)10(8)15/h2-3,18H,4-7H2,1H3. The molecular weight excluding hydrogens is 259 g/mol. The molecule has 0 heterocycles. The summed E-state index contributed by atoms with van der Waals surface area (Å²) in [7, 11) is 1.48. The molecule has 1 aliphatic rings. The molecule has 0 radical (unpaired) electrons. The third-order valence-corrected chi connectivity index (χ3v) is 3.49. The number of carbonyl (C=O) groups is 1. The van der Waals surface area contributed by atoms with Gasteiger partial charge in [-0.05, 0) is 18.9 Å². The van der Waals surface area contributed by atoms with Crippen molar-refractivity contribution in [3.05, 3.63) is 35.1 Å². The molecule has 1 aromatic rings. The SMILES string of the molecule is CN(CCO)C(=O)C1(c2ccc(F)c(F)c2F)CC1. The zero-order valence-corrected chi connectivity index (χ0v) is 10.4. The minimum absolute atomic E-state index is 0.110. The molecule has 1 N–H and O–H groups in total. The topological polar surface area (TPSA) is 40.5 Å². The van der Waals surface area contributed by atoms with Crippen molar-refractivity contribution in [2.45, 2.75) is 18.3 Å². The molecule has 1 aromatic carbocycles. The van der Waals surface area contributed by atoms with Crippen molar-refractivity contribution in [3.8, 4) is 0 Å². The molecule has 0 unspecified atom stereocenters. The van der Waals surface area contributed by atoms with Crippen LogP contribution in [0.25, 0.3) is 0 Å². The van der Waals surface area contributed by atoms with Gasteiger partial charge < -0.3 is 10.0 Å². The van der Waals surface area contributed by atoms with E-state index >= 15 is 0 Å². The Kier molecular flexibility index (Phi) is 3.54. The summed E-state index contributed by atoms with van der Waals surface area (Å²) < 4.78 is 39.9. The second-order valence-electron chi connectivity index (χ2n) is 4.76. The molecule has 0 bridgehead atoms. The molecule has 1 saturated carbocycles. The van der Waals surface area contributed by atoms with Gasteiger partial charge in [-0.2, -0.15) is 0 Å². The predicted octanol–water partition coefficient (Wildman–Crippen LogP) is 1.59. The summed E-state index contributed by atoms with van der Waals surface area (Å²) in [5.41, 5.74) is -1.22. The van der Waals surface area contributed by atoms with Gasteiger partial charge in [-0.1, -0.05) is 6.07 Å². The van der Waals surface area contributed by atoms with Crippen LogP contribution in [-0.4, -0.2) is 36.1 Å². The summed E-state index contributed by atoms with van der Waals surface area (Å²) in [5.74, 6) is -4.51. The summed E-state index contributed by atoms with van der Waals surface area (Å²) in [5, 5.41) is 8.80. The summed E-state index contributed by atoms with van der Waals surface area (Å²) >= 11 is 0. The lowest BCUT2D eigenvalue weighted by Crippen LogP contribution is -2.38. The Balaban J connectivity index is 2.36. The van der Waals surface area contributed by atoms with Crippen molar-refractivity contribution < 1.29 is 23.1 Å². The molecule has 2 rings (SSSR count). The van der Waals surface area contributed by atoms with E-state index in [1.54, 1.807) is 0 Å². The van der Waals surface area contributed by atoms with Crippen LogP contribution in [-0.2, 0) is 10.2 Å². The lowest BCUT2D eigenvalue weighted by Gasteiger charge is -2.23. The molecule has 1 amide bonds. The van der Waals surface area contributed by atoms with Crippen molar-refractivity contribution in [1.82, 2.24) is 4.90 Å². The molecule has 0 aliphatic heterocycles. The van der Waals surface area contributed by atoms with E-state index in [-0.39, 0.29) is 24.6 Å². The average Bonchev–Trinajstić information content (AvgIpc) is 3.17. The Hall–Kier alpha value is -1.56. The number of benzene rings is 1. The third-order valence-electron chi connectivity index (χ3n) is 3.49. The lowest BCUT2D eigenvalue weighted by molar-refractivity contribution is -0.133. The Morgan fingerprint density at radius 3 is 2.47 bits per heavy atom. The molecule has 0 saturated heterocycles. The number of amides is 1. The first-order valence-corrected chi connectivity index (χ1v) is 5.94.